The first-order valence-corrected chi connectivity index (χ1v) is 6.27. The third-order valence-electron chi connectivity index (χ3n) is 3.10. The highest BCUT2D eigenvalue weighted by molar-refractivity contribution is 5.83. The van der Waals surface area contributed by atoms with Gasteiger partial charge in [-0.3, -0.25) is 9.48 Å². The van der Waals surface area contributed by atoms with Crippen molar-refractivity contribution >= 4 is 5.91 Å². The maximum Gasteiger partial charge on any atom is 0.242 e. The SMILES string of the molecule is C[C@H](NC(=O)C(N)c1cnn(C)c1)c1ccc(F)cc1. The zero-order valence-corrected chi connectivity index (χ0v) is 11.4. The Hall–Kier alpha value is -2.21. The first-order valence-electron chi connectivity index (χ1n) is 6.27. The van der Waals surface area contributed by atoms with Crippen LogP contribution < -0.4 is 11.1 Å². The smallest absolute Gasteiger partial charge is 0.242 e. The van der Waals surface area contributed by atoms with Gasteiger partial charge in [-0.15, -0.1) is 0 Å². The van der Waals surface area contributed by atoms with Gasteiger partial charge in [0.1, 0.15) is 11.9 Å². The van der Waals surface area contributed by atoms with E-state index in [-0.39, 0.29) is 17.8 Å². The van der Waals surface area contributed by atoms with Crippen LogP contribution in [0.5, 0.6) is 0 Å². The van der Waals surface area contributed by atoms with E-state index in [1.807, 2.05) is 6.92 Å². The third kappa shape index (κ3) is 3.21. The van der Waals surface area contributed by atoms with Crippen molar-refractivity contribution in [1.29, 1.82) is 0 Å². The van der Waals surface area contributed by atoms with Crippen LogP contribution in [0.1, 0.15) is 30.1 Å². The fourth-order valence-corrected chi connectivity index (χ4v) is 1.89. The van der Waals surface area contributed by atoms with Gasteiger partial charge in [-0.2, -0.15) is 5.10 Å². The average Bonchev–Trinajstić information content (AvgIpc) is 2.85. The predicted octanol–water partition coefficient (Wildman–Crippen LogP) is 1.44. The molecule has 0 saturated heterocycles. The number of nitrogens with zero attached hydrogens (tertiary/aromatic N) is 2. The minimum atomic E-state index is -0.772. The molecule has 0 fully saturated rings. The predicted molar refractivity (Wildman–Crippen MR) is 73.1 cm³/mol. The van der Waals surface area contributed by atoms with Crippen LogP contribution in [0.4, 0.5) is 4.39 Å². The van der Waals surface area contributed by atoms with E-state index in [4.69, 9.17) is 5.73 Å². The van der Waals surface area contributed by atoms with Crippen LogP contribution in [0.25, 0.3) is 0 Å². The second-order valence-corrected chi connectivity index (χ2v) is 4.71. The van der Waals surface area contributed by atoms with Crippen molar-refractivity contribution in [3.05, 3.63) is 53.6 Å². The van der Waals surface area contributed by atoms with E-state index < -0.39 is 6.04 Å². The van der Waals surface area contributed by atoms with Gasteiger partial charge in [0.2, 0.25) is 5.91 Å². The molecule has 20 heavy (non-hydrogen) atoms. The minimum absolute atomic E-state index is 0.245. The normalized spacial score (nSPS) is 13.8. The largest absolute Gasteiger partial charge is 0.348 e. The van der Waals surface area contributed by atoms with E-state index in [0.717, 1.165) is 5.56 Å². The Balaban J connectivity index is 2.02. The molecule has 0 aliphatic heterocycles. The Bertz CT molecular complexity index is 593. The lowest BCUT2D eigenvalue weighted by atomic mass is 10.1. The van der Waals surface area contributed by atoms with Gasteiger partial charge in [0.25, 0.3) is 0 Å². The monoisotopic (exact) mass is 276 g/mol. The van der Waals surface area contributed by atoms with Crippen LogP contribution in [-0.2, 0) is 11.8 Å². The number of hydrogen-bond donors (Lipinski definition) is 2. The number of carbonyl (C=O) groups is 1. The second-order valence-electron chi connectivity index (χ2n) is 4.71. The molecule has 1 aromatic heterocycles. The quantitative estimate of drug-likeness (QED) is 0.887. The van der Waals surface area contributed by atoms with Crippen molar-refractivity contribution in [3.8, 4) is 0 Å². The number of rotatable bonds is 4. The summed E-state index contributed by atoms with van der Waals surface area (Å²) in [6.07, 6.45) is 3.26. The van der Waals surface area contributed by atoms with Crippen LogP contribution >= 0.6 is 0 Å². The number of amides is 1. The van der Waals surface area contributed by atoms with Crippen LogP contribution in [0.3, 0.4) is 0 Å². The lowest BCUT2D eigenvalue weighted by Gasteiger charge is -2.17. The van der Waals surface area contributed by atoms with E-state index in [9.17, 15) is 9.18 Å². The lowest BCUT2D eigenvalue weighted by molar-refractivity contribution is -0.123. The molecule has 0 radical (unpaired) electrons. The number of halogens is 1. The number of benzene rings is 1. The summed E-state index contributed by atoms with van der Waals surface area (Å²) in [5.41, 5.74) is 7.34. The van der Waals surface area contributed by atoms with Crippen LogP contribution in [0.2, 0.25) is 0 Å². The first kappa shape index (κ1) is 14.2. The van der Waals surface area contributed by atoms with Crippen LogP contribution in [-0.4, -0.2) is 15.7 Å². The molecular weight excluding hydrogens is 259 g/mol. The summed E-state index contributed by atoms with van der Waals surface area (Å²) in [5, 5.41) is 6.78. The molecule has 2 atom stereocenters. The van der Waals surface area contributed by atoms with Gasteiger partial charge in [-0.1, -0.05) is 12.1 Å². The van der Waals surface area contributed by atoms with Crippen molar-refractivity contribution in [2.24, 2.45) is 12.8 Å². The fourth-order valence-electron chi connectivity index (χ4n) is 1.89. The van der Waals surface area contributed by atoms with Crippen LogP contribution in [0.15, 0.2) is 36.7 Å². The van der Waals surface area contributed by atoms with E-state index >= 15 is 0 Å². The summed E-state index contributed by atoms with van der Waals surface area (Å²) in [7, 11) is 1.76. The molecule has 2 rings (SSSR count). The minimum Gasteiger partial charge on any atom is -0.348 e. The Morgan fingerprint density at radius 2 is 2.00 bits per heavy atom. The molecular formula is C14H17FN4O. The molecule has 0 bridgehead atoms. The second kappa shape index (κ2) is 5.83. The third-order valence-corrected chi connectivity index (χ3v) is 3.10. The van der Waals surface area contributed by atoms with Crippen LogP contribution in [0, 0.1) is 5.82 Å². The molecule has 1 aromatic carbocycles. The number of nitrogens with one attached hydrogen (secondary N) is 1. The molecule has 0 aliphatic rings. The average molecular weight is 276 g/mol. The highest BCUT2D eigenvalue weighted by Gasteiger charge is 2.19. The van der Waals surface area contributed by atoms with Gasteiger partial charge in [0, 0.05) is 18.8 Å². The molecule has 1 amide bonds. The van der Waals surface area contributed by atoms with Crippen molar-refractivity contribution < 1.29 is 9.18 Å². The van der Waals surface area contributed by atoms with Crippen molar-refractivity contribution in [2.45, 2.75) is 19.0 Å². The highest BCUT2D eigenvalue weighted by Crippen LogP contribution is 2.15. The summed E-state index contributed by atoms with van der Waals surface area (Å²) in [5.74, 6) is -0.603. The molecule has 3 N–H and O–H groups in total. The number of nitrogens with two attached hydrogens (primary N) is 1. The van der Waals surface area contributed by atoms with Crippen molar-refractivity contribution in [1.82, 2.24) is 15.1 Å². The van der Waals surface area contributed by atoms with E-state index in [2.05, 4.69) is 10.4 Å². The van der Waals surface area contributed by atoms with Gasteiger partial charge in [0.15, 0.2) is 0 Å². The van der Waals surface area contributed by atoms with E-state index in [0.29, 0.717) is 5.56 Å². The summed E-state index contributed by atoms with van der Waals surface area (Å²) >= 11 is 0. The standard InChI is InChI=1S/C14H17FN4O/c1-9(10-3-5-12(15)6-4-10)18-14(20)13(16)11-7-17-19(2)8-11/h3-9,13H,16H2,1-2H3,(H,18,20)/t9-,13?/m0/s1. The maximum absolute atomic E-state index is 12.8. The zero-order chi connectivity index (χ0) is 14.7. The fraction of sp³-hybridized carbons (Fsp3) is 0.286. The molecule has 5 nitrogen and oxygen atoms in total. The van der Waals surface area contributed by atoms with Gasteiger partial charge in [0.05, 0.1) is 12.2 Å². The van der Waals surface area contributed by atoms with Gasteiger partial charge >= 0.3 is 0 Å². The number of aromatic nitrogens is 2. The molecule has 1 unspecified atom stereocenters. The Morgan fingerprint density at radius 1 is 1.35 bits per heavy atom. The Morgan fingerprint density at radius 3 is 2.55 bits per heavy atom. The topological polar surface area (TPSA) is 72.9 Å². The van der Waals surface area contributed by atoms with Crippen molar-refractivity contribution in [3.63, 3.8) is 0 Å². The molecule has 0 saturated carbocycles. The maximum atomic E-state index is 12.8. The summed E-state index contributed by atoms with van der Waals surface area (Å²) in [6, 6.07) is 4.97. The number of hydrogen-bond acceptors (Lipinski definition) is 3. The highest BCUT2D eigenvalue weighted by atomic mass is 19.1. The molecule has 1 heterocycles. The Labute approximate surface area is 116 Å². The van der Waals surface area contributed by atoms with Gasteiger partial charge in [-0.05, 0) is 24.6 Å². The summed E-state index contributed by atoms with van der Waals surface area (Å²) in [4.78, 5) is 12.1. The molecule has 0 aliphatic carbocycles. The van der Waals surface area contributed by atoms with Crippen molar-refractivity contribution in [2.75, 3.05) is 0 Å². The molecule has 0 spiro atoms. The van der Waals surface area contributed by atoms with E-state index in [1.54, 1.807) is 36.3 Å². The van der Waals surface area contributed by atoms with Gasteiger partial charge < -0.3 is 11.1 Å². The number of carbonyl (C=O) groups excluding carboxylic acids is 1. The number of aryl methyl sites for hydroxylation is 1. The first-order chi connectivity index (χ1) is 9.47. The Kier molecular flexibility index (Phi) is 4.14. The zero-order valence-electron chi connectivity index (χ0n) is 11.4. The summed E-state index contributed by atoms with van der Waals surface area (Å²) < 4.78 is 14.4. The van der Waals surface area contributed by atoms with E-state index in [1.165, 1.54) is 12.1 Å². The summed E-state index contributed by atoms with van der Waals surface area (Å²) in [6.45, 7) is 1.82. The lowest BCUT2D eigenvalue weighted by Crippen LogP contribution is -2.35. The van der Waals surface area contributed by atoms with Gasteiger partial charge in [-0.25, -0.2) is 4.39 Å². The molecule has 6 heteroatoms. The molecule has 106 valence electrons. The molecule has 2 aromatic rings.